The number of benzene rings is 1. The van der Waals surface area contributed by atoms with Gasteiger partial charge in [0.15, 0.2) is 0 Å². The van der Waals surface area contributed by atoms with Crippen LogP contribution in [0, 0.1) is 0 Å². The highest BCUT2D eigenvalue weighted by Gasteiger charge is 2.12. The van der Waals surface area contributed by atoms with Gasteiger partial charge >= 0.3 is 6.03 Å². The van der Waals surface area contributed by atoms with Crippen molar-refractivity contribution in [2.45, 2.75) is 6.92 Å². The van der Waals surface area contributed by atoms with Gasteiger partial charge in [-0.15, -0.1) is 0 Å². The van der Waals surface area contributed by atoms with Crippen LogP contribution in [0.1, 0.15) is 6.92 Å². The van der Waals surface area contributed by atoms with E-state index in [-0.39, 0.29) is 14.0 Å². The van der Waals surface area contributed by atoms with Crippen LogP contribution in [0.5, 0.6) is 0 Å². The Balaban J connectivity index is 2.07. The Morgan fingerprint density at radius 3 is 2.62 bits per heavy atom. The summed E-state index contributed by atoms with van der Waals surface area (Å²) < 4.78 is 0. The van der Waals surface area contributed by atoms with Gasteiger partial charge in [0.05, 0.1) is 11.1 Å². The van der Waals surface area contributed by atoms with Crippen LogP contribution in [0.25, 0.3) is 0 Å². The van der Waals surface area contributed by atoms with Crippen molar-refractivity contribution in [1.29, 1.82) is 0 Å². The highest BCUT2D eigenvalue weighted by molar-refractivity contribution is 7.64. The molecule has 2 rings (SSSR count). The van der Waals surface area contributed by atoms with Crippen LogP contribution in [0.15, 0.2) is 42.6 Å². The molecule has 110 valence electrons. The number of carbonyl (C=O) groups excluding carboxylic acids is 1. The van der Waals surface area contributed by atoms with Gasteiger partial charge in [-0.05, 0) is 49.2 Å². The molecule has 0 bridgehead atoms. The number of rotatable bonds is 4. The van der Waals surface area contributed by atoms with Crippen molar-refractivity contribution in [2.24, 2.45) is 0 Å². The van der Waals surface area contributed by atoms with Gasteiger partial charge in [0.2, 0.25) is 0 Å². The Hall–Kier alpha value is -1.64. The van der Waals surface area contributed by atoms with Gasteiger partial charge in [-0.3, -0.25) is 4.98 Å². The quantitative estimate of drug-likeness (QED) is 0.832. The zero-order chi connectivity index (χ0) is 15.2. The number of carbonyl (C=O) groups is 1. The molecule has 21 heavy (non-hydrogen) atoms. The lowest BCUT2D eigenvalue weighted by Gasteiger charge is -2.15. The minimum absolute atomic E-state index is 0.286. The van der Waals surface area contributed by atoms with Gasteiger partial charge in [0.1, 0.15) is 0 Å². The number of halogens is 1. The summed E-state index contributed by atoms with van der Waals surface area (Å²) in [5.41, 5.74) is 2.41. The van der Waals surface area contributed by atoms with E-state index < -0.39 is 0 Å². The molecule has 1 aromatic carbocycles. The summed E-state index contributed by atoms with van der Waals surface area (Å²) in [5, 5.41) is 6.27. The minimum Gasteiger partial charge on any atom is -0.308 e. The number of nitrogens with zero attached hydrogens (tertiary/aromatic N) is 1. The predicted octanol–water partition coefficient (Wildman–Crippen LogP) is 4.14. The summed E-state index contributed by atoms with van der Waals surface area (Å²) in [7, 11) is -0.359. The van der Waals surface area contributed by atoms with Crippen LogP contribution in [0.3, 0.4) is 0 Å². The van der Waals surface area contributed by atoms with Crippen molar-refractivity contribution in [3.05, 3.63) is 47.6 Å². The van der Waals surface area contributed by atoms with E-state index in [1.54, 1.807) is 30.5 Å². The fourth-order valence-electron chi connectivity index (χ4n) is 1.77. The van der Waals surface area contributed by atoms with Gasteiger partial charge in [-0.1, -0.05) is 26.4 Å². The Kier molecular flexibility index (Phi) is 5.54. The largest absolute Gasteiger partial charge is 0.323 e. The molecule has 1 heterocycles. The van der Waals surface area contributed by atoms with Crippen LogP contribution in [-0.2, 0) is 0 Å². The number of anilines is 2. The second-order valence-corrected chi connectivity index (χ2v) is 7.36. The molecule has 2 N–H and O–H groups in total. The molecule has 0 saturated carbocycles. The van der Waals surface area contributed by atoms with E-state index in [1.807, 2.05) is 12.1 Å². The maximum atomic E-state index is 12.1. The normalized spacial score (nSPS) is 11.8. The Morgan fingerprint density at radius 2 is 1.95 bits per heavy atom. The molecular weight excluding hydrogens is 305 g/mol. The number of urea groups is 1. The maximum Gasteiger partial charge on any atom is 0.323 e. The molecule has 1 aromatic heterocycles. The number of hydrogen-bond acceptors (Lipinski definition) is 2. The molecule has 0 spiro atoms. The first kappa shape index (κ1) is 15.7. The van der Waals surface area contributed by atoms with E-state index in [1.165, 1.54) is 0 Å². The molecule has 0 fully saturated rings. The summed E-state index contributed by atoms with van der Waals surface area (Å²) in [6.07, 6.45) is 2.78. The van der Waals surface area contributed by atoms with Crippen LogP contribution < -0.4 is 16.1 Å². The average molecular weight is 322 g/mol. The average Bonchev–Trinajstić information content (AvgIpc) is 2.49. The van der Waals surface area contributed by atoms with Gasteiger partial charge in [-0.2, -0.15) is 0 Å². The third kappa shape index (κ3) is 4.42. The summed E-state index contributed by atoms with van der Waals surface area (Å²) in [5.74, 6) is 0. The predicted molar refractivity (Wildman–Crippen MR) is 91.3 cm³/mol. The van der Waals surface area contributed by atoms with Crippen molar-refractivity contribution in [3.63, 3.8) is 0 Å². The highest BCUT2D eigenvalue weighted by atomic mass is 35.5. The van der Waals surface area contributed by atoms with Crippen molar-refractivity contribution in [2.75, 3.05) is 23.5 Å². The zero-order valence-corrected chi connectivity index (χ0v) is 13.6. The first-order valence-electron chi connectivity index (χ1n) is 6.60. The SMILES string of the molecule is CCP(C)c1ncccc1NC(=O)Nc1ccc(Cl)cc1. The van der Waals surface area contributed by atoms with Crippen molar-refractivity contribution >= 4 is 42.4 Å². The lowest BCUT2D eigenvalue weighted by atomic mass is 10.3. The van der Waals surface area contributed by atoms with Crippen LogP contribution in [-0.4, -0.2) is 23.8 Å². The lowest BCUT2D eigenvalue weighted by Crippen LogP contribution is -2.24. The van der Waals surface area contributed by atoms with E-state index in [4.69, 9.17) is 11.6 Å². The monoisotopic (exact) mass is 321 g/mol. The molecule has 2 aromatic rings. The fourth-order valence-corrected chi connectivity index (χ4v) is 3.00. The molecule has 4 nitrogen and oxygen atoms in total. The topological polar surface area (TPSA) is 54.0 Å². The minimum atomic E-state index is -0.359. The Morgan fingerprint density at radius 1 is 1.24 bits per heavy atom. The summed E-state index contributed by atoms with van der Waals surface area (Å²) in [6, 6.07) is 10.4. The Labute approximate surface area is 130 Å². The fraction of sp³-hybridized carbons (Fsp3) is 0.200. The number of amides is 2. The molecule has 0 aliphatic carbocycles. The molecular formula is C15H17ClN3OP. The molecule has 1 atom stereocenters. The summed E-state index contributed by atoms with van der Waals surface area (Å²) in [4.78, 5) is 16.4. The number of nitrogens with one attached hydrogen (secondary N) is 2. The number of hydrogen-bond donors (Lipinski definition) is 2. The number of aromatic nitrogens is 1. The van der Waals surface area contributed by atoms with E-state index in [0.29, 0.717) is 10.7 Å². The van der Waals surface area contributed by atoms with Gasteiger partial charge in [-0.25, -0.2) is 4.79 Å². The van der Waals surface area contributed by atoms with E-state index >= 15 is 0 Å². The zero-order valence-electron chi connectivity index (χ0n) is 11.9. The highest BCUT2D eigenvalue weighted by Crippen LogP contribution is 2.30. The van der Waals surface area contributed by atoms with Crippen LogP contribution in [0.2, 0.25) is 5.02 Å². The van der Waals surface area contributed by atoms with Crippen LogP contribution >= 0.6 is 19.5 Å². The number of pyridine rings is 1. The first-order valence-corrected chi connectivity index (χ1v) is 8.95. The molecule has 0 radical (unpaired) electrons. The van der Waals surface area contributed by atoms with Crippen LogP contribution in [0.4, 0.5) is 16.2 Å². The molecule has 0 aliphatic rings. The maximum absolute atomic E-state index is 12.1. The van der Waals surface area contributed by atoms with Crippen molar-refractivity contribution < 1.29 is 4.79 Å². The molecule has 1 unspecified atom stereocenters. The van der Waals surface area contributed by atoms with Crippen molar-refractivity contribution in [3.8, 4) is 0 Å². The third-order valence-corrected chi connectivity index (χ3v) is 5.25. The standard InChI is InChI=1S/C15H17ClN3OP/c1-3-21(2)14-13(5-4-10-17-14)19-15(20)18-12-8-6-11(16)7-9-12/h4-10H,3H2,1-2H3,(H2,18,19,20). The molecule has 2 amide bonds. The van der Waals surface area contributed by atoms with Gasteiger partial charge in [0, 0.05) is 16.9 Å². The van der Waals surface area contributed by atoms with Gasteiger partial charge in [0.25, 0.3) is 0 Å². The van der Waals surface area contributed by atoms with E-state index in [2.05, 4.69) is 29.2 Å². The first-order chi connectivity index (χ1) is 10.1. The Bertz CT molecular complexity index is 619. The summed E-state index contributed by atoms with van der Waals surface area (Å²) >= 11 is 5.82. The third-order valence-electron chi connectivity index (χ3n) is 2.97. The molecule has 0 saturated heterocycles. The second-order valence-electron chi connectivity index (χ2n) is 4.47. The van der Waals surface area contributed by atoms with E-state index in [0.717, 1.165) is 17.3 Å². The van der Waals surface area contributed by atoms with Crippen molar-refractivity contribution in [1.82, 2.24) is 4.98 Å². The second kappa shape index (κ2) is 7.39. The smallest absolute Gasteiger partial charge is 0.308 e. The molecule has 0 aliphatic heterocycles. The van der Waals surface area contributed by atoms with E-state index in [9.17, 15) is 4.79 Å². The summed E-state index contributed by atoms with van der Waals surface area (Å²) in [6.45, 7) is 4.28. The lowest BCUT2D eigenvalue weighted by molar-refractivity contribution is 0.262. The molecule has 6 heteroatoms. The van der Waals surface area contributed by atoms with Gasteiger partial charge < -0.3 is 10.6 Å².